The Morgan fingerprint density at radius 3 is 2.52 bits per heavy atom. The number of rotatable bonds is 2. The third-order valence-electron chi connectivity index (χ3n) is 3.19. The molecule has 0 saturated carbocycles. The number of fused-ring (bicyclic) bond motifs is 3. The van der Waals surface area contributed by atoms with Crippen LogP contribution < -0.4 is 4.90 Å². The summed E-state index contributed by atoms with van der Waals surface area (Å²) in [6.45, 7) is 0. The molecule has 0 bridgehead atoms. The van der Waals surface area contributed by atoms with Gasteiger partial charge in [-0.15, -0.1) is 22.7 Å². The molecular formula is C16H11N3S2. The van der Waals surface area contributed by atoms with Gasteiger partial charge in [0.1, 0.15) is 17.7 Å². The van der Waals surface area contributed by atoms with Crippen molar-refractivity contribution < 1.29 is 0 Å². The van der Waals surface area contributed by atoms with Crippen LogP contribution in [0, 0.1) is 22.7 Å². The summed E-state index contributed by atoms with van der Waals surface area (Å²) in [5, 5.41) is 18.9. The van der Waals surface area contributed by atoms with Crippen molar-refractivity contribution in [3.05, 3.63) is 34.7 Å². The molecule has 102 valence electrons. The minimum atomic E-state index is 0.142. The van der Waals surface area contributed by atoms with Gasteiger partial charge in [-0.1, -0.05) is 6.07 Å². The van der Waals surface area contributed by atoms with Crippen molar-refractivity contribution in [1.29, 1.82) is 10.5 Å². The molecule has 0 saturated heterocycles. The van der Waals surface area contributed by atoms with E-state index in [1.807, 2.05) is 26.2 Å². The standard InChI is InChI=1S/C16H11N3S2/c1-19(2)11-3-4-13-14(6-11)21-15-7-12(20-16(13)15)5-10(8-17)9-18/h3-7H,1-2H3. The Morgan fingerprint density at radius 1 is 1.10 bits per heavy atom. The summed E-state index contributed by atoms with van der Waals surface area (Å²) in [5.41, 5.74) is 1.33. The molecule has 5 heteroatoms. The van der Waals surface area contributed by atoms with E-state index in [4.69, 9.17) is 10.5 Å². The third kappa shape index (κ3) is 2.38. The summed E-state index contributed by atoms with van der Waals surface area (Å²) in [4.78, 5) is 3.04. The van der Waals surface area contributed by atoms with E-state index >= 15 is 0 Å². The zero-order chi connectivity index (χ0) is 15.0. The van der Waals surface area contributed by atoms with Gasteiger partial charge in [0.15, 0.2) is 0 Å². The SMILES string of the molecule is CN(C)c1ccc2c(c1)sc1cc(C=C(C#N)C#N)sc12. The first-order chi connectivity index (χ1) is 10.1. The quantitative estimate of drug-likeness (QED) is 0.649. The normalized spacial score (nSPS) is 10.3. The average Bonchev–Trinajstić information content (AvgIpc) is 3.00. The van der Waals surface area contributed by atoms with Crippen LogP contribution >= 0.6 is 22.7 Å². The largest absolute Gasteiger partial charge is 0.378 e. The molecule has 0 aliphatic rings. The monoisotopic (exact) mass is 309 g/mol. The van der Waals surface area contributed by atoms with Crippen molar-refractivity contribution in [2.24, 2.45) is 0 Å². The van der Waals surface area contributed by atoms with Gasteiger partial charge in [0, 0.05) is 39.4 Å². The van der Waals surface area contributed by atoms with Crippen molar-refractivity contribution >= 4 is 53.9 Å². The maximum Gasteiger partial charge on any atom is 0.131 e. The van der Waals surface area contributed by atoms with Crippen molar-refractivity contribution in [3.8, 4) is 12.1 Å². The Hall–Kier alpha value is -2.34. The molecule has 2 aromatic heterocycles. The number of allylic oxidation sites excluding steroid dienone is 1. The predicted octanol–water partition coefficient (Wildman–Crippen LogP) is 4.61. The van der Waals surface area contributed by atoms with Crippen molar-refractivity contribution in [2.75, 3.05) is 19.0 Å². The second kappa shape index (κ2) is 5.21. The summed E-state index contributed by atoms with van der Waals surface area (Å²) in [6, 6.07) is 12.3. The predicted molar refractivity (Wildman–Crippen MR) is 90.7 cm³/mol. The van der Waals surface area contributed by atoms with Crippen LogP contribution in [0.25, 0.3) is 25.6 Å². The first kappa shape index (κ1) is 13.6. The van der Waals surface area contributed by atoms with Crippen molar-refractivity contribution in [3.63, 3.8) is 0 Å². The molecule has 0 aliphatic carbocycles. The zero-order valence-electron chi connectivity index (χ0n) is 11.5. The van der Waals surface area contributed by atoms with E-state index in [0.29, 0.717) is 0 Å². The number of hydrogen-bond donors (Lipinski definition) is 0. The smallest absolute Gasteiger partial charge is 0.131 e. The lowest BCUT2D eigenvalue weighted by Crippen LogP contribution is -2.07. The number of thiophene rings is 2. The lowest BCUT2D eigenvalue weighted by molar-refractivity contribution is 1.14. The Labute approximate surface area is 130 Å². The third-order valence-corrected chi connectivity index (χ3v) is 5.53. The van der Waals surface area contributed by atoms with Gasteiger partial charge in [0.05, 0.1) is 4.70 Å². The molecule has 0 atom stereocenters. The minimum absolute atomic E-state index is 0.142. The fraction of sp³-hybridized carbons (Fsp3) is 0.125. The summed E-state index contributed by atoms with van der Waals surface area (Å²) in [5.74, 6) is 0. The number of nitriles is 2. The Balaban J connectivity index is 2.15. The summed E-state index contributed by atoms with van der Waals surface area (Å²) in [7, 11) is 4.07. The fourth-order valence-electron chi connectivity index (χ4n) is 2.14. The lowest BCUT2D eigenvalue weighted by atomic mass is 10.2. The zero-order valence-corrected chi connectivity index (χ0v) is 13.2. The van der Waals surface area contributed by atoms with Crippen molar-refractivity contribution in [1.82, 2.24) is 0 Å². The second-order valence-electron chi connectivity index (χ2n) is 4.80. The van der Waals surface area contributed by atoms with E-state index in [9.17, 15) is 0 Å². The highest BCUT2D eigenvalue weighted by Crippen LogP contribution is 2.41. The van der Waals surface area contributed by atoms with Crippen LogP contribution in [0.1, 0.15) is 4.88 Å². The summed E-state index contributed by atoms with van der Waals surface area (Å²) >= 11 is 3.37. The van der Waals surface area contributed by atoms with Crippen LogP contribution in [-0.4, -0.2) is 14.1 Å². The molecule has 21 heavy (non-hydrogen) atoms. The van der Waals surface area contributed by atoms with E-state index in [0.717, 1.165) is 4.88 Å². The van der Waals surface area contributed by atoms with Gasteiger partial charge in [-0.05, 0) is 24.3 Å². The van der Waals surface area contributed by atoms with Crippen LogP contribution in [0.5, 0.6) is 0 Å². The van der Waals surface area contributed by atoms with Gasteiger partial charge >= 0.3 is 0 Å². The Kier molecular flexibility index (Phi) is 3.39. The van der Waals surface area contributed by atoms with Crippen LogP contribution in [0.2, 0.25) is 0 Å². The summed E-state index contributed by atoms with van der Waals surface area (Å²) in [6.07, 6.45) is 1.65. The summed E-state index contributed by atoms with van der Waals surface area (Å²) < 4.78 is 3.69. The molecule has 1 aromatic carbocycles. The van der Waals surface area contributed by atoms with Crippen molar-refractivity contribution in [2.45, 2.75) is 0 Å². The topological polar surface area (TPSA) is 50.8 Å². The van der Waals surface area contributed by atoms with Gasteiger partial charge < -0.3 is 4.90 Å². The molecule has 0 unspecified atom stereocenters. The van der Waals surface area contributed by atoms with Gasteiger partial charge in [0.25, 0.3) is 0 Å². The Morgan fingerprint density at radius 2 is 1.86 bits per heavy atom. The highest BCUT2D eigenvalue weighted by atomic mass is 32.1. The highest BCUT2D eigenvalue weighted by Gasteiger charge is 2.10. The first-order valence-electron chi connectivity index (χ1n) is 6.27. The molecular weight excluding hydrogens is 298 g/mol. The van der Waals surface area contributed by atoms with Gasteiger partial charge in [-0.2, -0.15) is 10.5 Å². The van der Waals surface area contributed by atoms with E-state index in [1.165, 1.54) is 25.2 Å². The van der Waals surface area contributed by atoms with Gasteiger partial charge in [-0.3, -0.25) is 0 Å². The minimum Gasteiger partial charge on any atom is -0.378 e. The number of anilines is 1. The van der Waals surface area contributed by atoms with Crippen LogP contribution in [0.15, 0.2) is 29.8 Å². The Bertz CT molecular complexity index is 930. The van der Waals surface area contributed by atoms with Crippen LogP contribution in [-0.2, 0) is 0 Å². The molecule has 3 nitrogen and oxygen atoms in total. The maximum atomic E-state index is 8.83. The number of benzene rings is 1. The molecule has 0 fully saturated rings. The maximum absolute atomic E-state index is 8.83. The lowest BCUT2D eigenvalue weighted by Gasteiger charge is -2.11. The number of hydrogen-bond acceptors (Lipinski definition) is 5. The molecule has 2 heterocycles. The van der Waals surface area contributed by atoms with Gasteiger partial charge in [-0.25, -0.2) is 0 Å². The first-order valence-corrected chi connectivity index (χ1v) is 7.91. The molecule has 0 N–H and O–H groups in total. The fourth-order valence-corrected chi connectivity index (χ4v) is 4.65. The molecule has 0 spiro atoms. The van der Waals surface area contributed by atoms with E-state index in [2.05, 4.69) is 29.2 Å². The van der Waals surface area contributed by atoms with Crippen LogP contribution in [0.3, 0.4) is 0 Å². The van der Waals surface area contributed by atoms with E-state index < -0.39 is 0 Å². The molecule has 3 aromatic rings. The average molecular weight is 309 g/mol. The molecule has 0 amide bonds. The van der Waals surface area contributed by atoms with E-state index in [1.54, 1.807) is 28.7 Å². The van der Waals surface area contributed by atoms with E-state index in [-0.39, 0.29) is 5.57 Å². The molecule has 0 radical (unpaired) electrons. The van der Waals surface area contributed by atoms with Crippen LogP contribution in [0.4, 0.5) is 5.69 Å². The second-order valence-corrected chi connectivity index (χ2v) is 6.97. The molecule has 0 aliphatic heterocycles. The number of nitrogens with zero attached hydrogens (tertiary/aromatic N) is 3. The molecule has 3 rings (SSSR count). The van der Waals surface area contributed by atoms with Gasteiger partial charge in [0.2, 0.25) is 0 Å². The highest BCUT2D eigenvalue weighted by molar-refractivity contribution is 7.33.